The Morgan fingerprint density at radius 1 is 0.441 bits per heavy atom. The second-order valence-electron chi connectivity index (χ2n) is 16.2. The first-order valence-corrected chi connectivity index (χ1v) is 20.6. The van der Waals surface area contributed by atoms with E-state index in [0.717, 1.165) is 23.5 Å². The summed E-state index contributed by atoms with van der Waals surface area (Å²) >= 11 is 0. The first-order chi connectivity index (χ1) is 28.9. The summed E-state index contributed by atoms with van der Waals surface area (Å²) in [5.74, 6) is 0. The summed E-state index contributed by atoms with van der Waals surface area (Å²) in [6.45, 7) is 6.70. The van der Waals surface area contributed by atoms with E-state index >= 15 is 0 Å². The van der Waals surface area contributed by atoms with Crippen LogP contribution in [-0.2, 0) is 0 Å². The van der Waals surface area contributed by atoms with Gasteiger partial charge in [0.25, 0.3) is 0 Å². The molecule has 0 aliphatic heterocycles. The fourth-order valence-electron chi connectivity index (χ4n) is 8.94. The molecule has 1 atom stereocenters. The molecule has 2 heteroatoms. The monoisotopic (exact) mass is 758 g/mol. The van der Waals surface area contributed by atoms with Crippen molar-refractivity contribution in [3.05, 3.63) is 229 Å². The lowest BCUT2D eigenvalue weighted by Gasteiger charge is -2.42. The highest BCUT2D eigenvalue weighted by Crippen LogP contribution is 2.42. The van der Waals surface area contributed by atoms with Crippen LogP contribution < -0.4 is 4.90 Å². The number of allylic oxidation sites excluding steroid dienone is 2. The van der Waals surface area contributed by atoms with Crippen LogP contribution in [0.25, 0.3) is 66.4 Å². The number of hydrogen-bond acceptors (Lipinski definition) is 1. The summed E-state index contributed by atoms with van der Waals surface area (Å²) in [6.07, 6.45) is 7.95. The molecule has 0 fully saturated rings. The maximum absolute atomic E-state index is 2.52. The smallest absolute Gasteiger partial charge is 0.0643 e. The Morgan fingerprint density at radius 3 is 1.53 bits per heavy atom. The Morgan fingerprint density at radius 2 is 0.949 bits per heavy atom. The van der Waals surface area contributed by atoms with Gasteiger partial charge in [0.05, 0.1) is 16.6 Å². The third kappa shape index (κ3) is 6.87. The van der Waals surface area contributed by atoms with Gasteiger partial charge in [-0.3, -0.25) is 0 Å². The van der Waals surface area contributed by atoms with Gasteiger partial charge in [-0.25, -0.2) is 0 Å². The number of aryl methyl sites for hydroxylation is 2. The van der Waals surface area contributed by atoms with Crippen LogP contribution >= 0.6 is 0 Å². The molecule has 0 amide bonds. The topological polar surface area (TPSA) is 8.17 Å². The average Bonchev–Trinajstić information content (AvgIpc) is 3.60. The van der Waals surface area contributed by atoms with E-state index in [-0.39, 0.29) is 5.54 Å². The molecule has 0 spiro atoms. The van der Waals surface area contributed by atoms with Crippen LogP contribution in [0.15, 0.2) is 212 Å². The summed E-state index contributed by atoms with van der Waals surface area (Å²) < 4.78 is 2.40. The summed E-state index contributed by atoms with van der Waals surface area (Å²) in [7, 11) is 0. The zero-order valence-corrected chi connectivity index (χ0v) is 33.8. The van der Waals surface area contributed by atoms with Crippen molar-refractivity contribution in [3.8, 4) is 39.1 Å². The summed E-state index contributed by atoms with van der Waals surface area (Å²) in [4.78, 5) is 2.52. The molecule has 1 aliphatic carbocycles. The number of nitrogens with zero attached hydrogens (tertiary/aromatic N) is 2. The number of aromatic nitrogens is 1. The summed E-state index contributed by atoms with van der Waals surface area (Å²) in [5.41, 5.74) is 17.9. The molecule has 284 valence electrons. The van der Waals surface area contributed by atoms with Crippen LogP contribution in [0, 0.1) is 13.8 Å². The zero-order valence-electron chi connectivity index (χ0n) is 33.8. The molecule has 59 heavy (non-hydrogen) atoms. The van der Waals surface area contributed by atoms with Gasteiger partial charge in [0.1, 0.15) is 0 Å². The second kappa shape index (κ2) is 15.0. The van der Waals surface area contributed by atoms with Gasteiger partial charge in [-0.2, -0.15) is 0 Å². The first kappa shape index (κ1) is 36.2. The fraction of sp³-hybridized carbons (Fsp3) is 0.0877. The van der Waals surface area contributed by atoms with Gasteiger partial charge < -0.3 is 9.47 Å². The molecule has 0 N–H and O–H groups in total. The van der Waals surface area contributed by atoms with E-state index in [1.54, 1.807) is 0 Å². The molecule has 1 aliphatic rings. The number of anilines is 2. The largest absolute Gasteiger partial charge is 0.332 e. The predicted octanol–water partition coefficient (Wildman–Crippen LogP) is 15.3. The minimum atomic E-state index is -0.303. The summed E-state index contributed by atoms with van der Waals surface area (Å²) in [6, 6.07) is 71.0. The lowest BCUT2D eigenvalue weighted by atomic mass is 9.85. The van der Waals surface area contributed by atoms with Crippen molar-refractivity contribution in [3.63, 3.8) is 0 Å². The fourth-order valence-corrected chi connectivity index (χ4v) is 8.94. The third-order valence-corrected chi connectivity index (χ3v) is 12.0. The Labute approximate surface area is 347 Å². The molecule has 9 aromatic rings. The van der Waals surface area contributed by atoms with E-state index in [1.165, 1.54) is 77.5 Å². The molecule has 1 aromatic heterocycles. The van der Waals surface area contributed by atoms with Crippen LogP contribution in [-0.4, -0.2) is 10.1 Å². The zero-order chi connectivity index (χ0) is 39.9. The highest BCUT2D eigenvalue weighted by Gasteiger charge is 2.32. The van der Waals surface area contributed by atoms with Crippen LogP contribution in [0.1, 0.15) is 30.0 Å². The van der Waals surface area contributed by atoms with Crippen LogP contribution in [0.3, 0.4) is 0 Å². The molecule has 0 bridgehead atoms. The van der Waals surface area contributed by atoms with Gasteiger partial charge in [-0.1, -0.05) is 157 Å². The average molecular weight is 759 g/mol. The van der Waals surface area contributed by atoms with E-state index < -0.39 is 0 Å². The standard InChI is InChI=1S/C57H46N2/c1-40-20-30-55-53(36-40)54-37-41(2)21-31-56(54)58(55)50-26-22-45(23-27-50)49-18-11-19-52(39-49)59(57(3)34-32-46(33-35-57)42-12-6-4-7-13-42)51-28-24-44(25-29-51)48-17-10-16-47(38-48)43-14-8-5-9-15-43/h4-34,36-39H,35H2,1-3H3. The van der Waals surface area contributed by atoms with Crippen LogP contribution in [0.4, 0.5) is 11.4 Å². The number of benzene rings is 8. The van der Waals surface area contributed by atoms with Crippen molar-refractivity contribution >= 4 is 38.8 Å². The Balaban J connectivity index is 1.02. The van der Waals surface area contributed by atoms with E-state index in [0.29, 0.717) is 0 Å². The van der Waals surface area contributed by atoms with E-state index in [2.05, 4.69) is 243 Å². The first-order valence-electron chi connectivity index (χ1n) is 20.6. The Bertz CT molecular complexity index is 2960. The van der Waals surface area contributed by atoms with Crippen LogP contribution in [0.2, 0.25) is 0 Å². The Hall–Kier alpha value is -7.16. The highest BCUT2D eigenvalue weighted by molar-refractivity contribution is 6.09. The van der Waals surface area contributed by atoms with Gasteiger partial charge >= 0.3 is 0 Å². The van der Waals surface area contributed by atoms with Crippen molar-refractivity contribution in [1.82, 2.24) is 4.57 Å². The van der Waals surface area contributed by atoms with Crippen molar-refractivity contribution in [2.75, 3.05) is 4.90 Å². The molecule has 1 heterocycles. The lowest BCUT2D eigenvalue weighted by molar-refractivity contribution is 0.571. The van der Waals surface area contributed by atoms with Crippen molar-refractivity contribution < 1.29 is 0 Å². The molecule has 0 saturated heterocycles. The molecule has 10 rings (SSSR count). The normalized spacial score (nSPS) is 15.1. The molecule has 2 nitrogen and oxygen atoms in total. The van der Waals surface area contributed by atoms with E-state index in [1.807, 2.05) is 0 Å². The van der Waals surface area contributed by atoms with Gasteiger partial charge in [-0.15, -0.1) is 0 Å². The van der Waals surface area contributed by atoms with Crippen LogP contribution in [0.5, 0.6) is 0 Å². The lowest BCUT2D eigenvalue weighted by Crippen LogP contribution is -2.42. The highest BCUT2D eigenvalue weighted by atomic mass is 15.2. The minimum Gasteiger partial charge on any atom is -0.332 e. The van der Waals surface area contributed by atoms with Gasteiger partial charge in [0.2, 0.25) is 0 Å². The Kier molecular flexibility index (Phi) is 9.19. The minimum absolute atomic E-state index is 0.303. The molecule has 0 saturated carbocycles. The SMILES string of the molecule is Cc1ccc2c(c1)c1cc(C)ccc1n2-c1ccc(-c2cccc(N(c3ccc(-c4cccc(-c5ccccc5)c4)cc3)C3(C)C=CC(c4ccccc4)=CC3)c2)cc1. The van der Waals surface area contributed by atoms with E-state index in [4.69, 9.17) is 0 Å². The van der Waals surface area contributed by atoms with E-state index in [9.17, 15) is 0 Å². The molecular weight excluding hydrogens is 713 g/mol. The van der Waals surface area contributed by atoms with Gasteiger partial charge in [0, 0.05) is 27.8 Å². The summed E-state index contributed by atoms with van der Waals surface area (Å²) in [5, 5.41) is 2.59. The van der Waals surface area contributed by atoms with Gasteiger partial charge in [0.15, 0.2) is 0 Å². The molecular formula is C57H46N2. The molecule has 1 unspecified atom stereocenters. The number of fused-ring (bicyclic) bond motifs is 3. The van der Waals surface area contributed by atoms with Crippen molar-refractivity contribution in [2.45, 2.75) is 32.7 Å². The van der Waals surface area contributed by atoms with Crippen molar-refractivity contribution in [2.24, 2.45) is 0 Å². The number of hydrogen-bond donors (Lipinski definition) is 0. The maximum atomic E-state index is 2.52. The molecule has 8 aromatic carbocycles. The predicted molar refractivity (Wildman–Crippen MR) is 252 cm³/mol. The maximum Gasteiger partial charge on any atom is 0.0643 e. The second-order valence-corrected chi connectivity index (χ2v) is 16.2. The quantitative estimate of drug-likeness (QED) is 0.150. The van der Waals surface area contributed by atoms with Crippen molar-refractivity contribution in [1.29, 1.82) is 0 Å². The third-order valence-electron chi connectivity index (χ3n) is 12.0. The molecule has 0 radical (unpaired) electrons. The van der Waals surface area contributed by atoms with Gasteiger partial charge in [-0.05, 0) is 138 Å². The number of rotatable bonds is 8.